The van der Waals surface area contributed by atoms with Crippen LogP contribution in [0, 0.1) is 5.82 Å². The van der Waals surface area contributed by atoms with Gasteiger partial charge in [0.2, 0.25) is 5.82 Å². The van der Waals surface area contributed by atoms with E-state index in [9.17, 15) is 14.0 Å². The number of hydrogen-bond donors (Lipinski definition) is 1. The van der Waals surface area contributed by atoms with E-state index < -0.39 is 23.8 Å². The molecular weight excluding hydrogens is 389 g/mol. The Morgan fingerprint density at radius 1 is 1.18 bits per heavy atom. The highest BCUT2D eigenvalue weighted by atomic mass is 35.5. The summed E-state index contributed by atoms with van der Waals surface area (Å²) in [6.45, 7) is 1.11. The molecule has 3 aromatic rings. The van der Waals surface area contributed by atoms with Gasteiger partial charge >= 0.3 is 5.97 Å². The normalized spacial score (nSPS) is 11.7. The van der Waals surface area contributed by atoms with E-state index in [4.69, 9.17) is 16.3 Å². The van der Waals surface area contributed by atoms with Crippen LogP contribution < -0.4 is 5.32 Å². The Labute approximate surface area is 164 Å². The summed E-state index contributed by atoms with van der Waals surface area (Å²) in [7, 11) is 0. The van der Waals surface area contributed by atoms with Crippen molar-refractivity contribution in [3.05, 3.63) is 59.4 Å². The molecule has 0 spiro atoms. The van der Waals surface area contributed by atoms with Crippen LogP contribution in [0.5, 0.6) is 0 Å². The molecule has 3 rings (SSSR count). The SMILES string of the molecule is C[C@H](OC(=O)Cn1nnc(-c2ccc(Cl)cc2)n1)C(=O)Nc1ccc(F)cc1. The number of esters is 1. The number of benzene rings is 2. The number of carbonyl (C=O) groups excluding carboxylic acids is 2. The largest absolute Gasteiger partial charge is 0.451 e. The molecular formula is C18H15ClFN5O3. The highest BCUT2D eigenvalue weighted by molar-refractivity contribution is 6.30. The number of nitrogens with zero attached hydrogens (tertiary/aromatic N) is 4. The van der Waals surface area contributed by atoms with Crippen molar-refractivity contribution < 1.29 is 18.7 Å². The quantitative estimate of drug-likeness (QED) is 0.635. The monoisotopic (exact) mass is 403 g/mol. The van der Waals surface area contributed by atoms with Gasteiger partial charge in [-0.15, -0.1) is 10.2 Å². The summed E-state index contributed by atoms with van der Waals surface area (Å²) < 4.78 is 18.0. The third kappa shape index (κ3) is 5.10. The number of nitrogens with one attached hydrogen (secondary N) is 1. The van der Waals surface area contributed by atoms with Gasteiger partial charge in [-0.25, -0.2) is 9.18 Å². The molecule has 1 heterocycles. The van der Waals surface area contributed by atoms with Gasteiger partial charge in [-0.2, -0.15) is 4.80 Å². The number of hydrogen-bond acceptors (Lipinski definition) is 6. The number of tetrazole rings is 1. The maximum atomic E-state index is 12.9. The van der Waals surface area contributed by atoms with Crippen molar-refractivity contribution in [1.82, 2.24) is 20.2 Å². The molecule has 0 radical (unpaired) electrons. The Balaban J connectivity index is 1.54. The Hall–Kier alpha value is -3.33. The smallest absolute Gasteiger partial charge is 0.330 e. The minimum absolute atomic E-state index is 0.311. The van der Waals surface area contributed by atoms with E-state index in [-0.39, 0.29) is 6.54 Å². The molecule has 28 heavy (non-hydrogen) atoms. The first kappa shape index (κ1) is 19.4. The summed E-state index contributed by atoms with van der Waals surface area (Å²) in [5, 5.41) is 14.8. The molecule has 8 nitrogen and oxygen atoms in total. The number of rotatable bonds is 6. The first-order valence-electron chi connectivity index (χ1n) is 8.20. The lowest BCUT2D eigenvalue weighted by Gasteiger charge is -2.13. The fourth-order valence-corrected chi connectivity index (χ4v) is 2.33. The molecule has 144 valence electrons. The summed E-state index contributed by atoms with van der Waals surface area (Å²) in [5.41, 5.74) is 1.08. The van der Waals surface area contributed by atoms with Crippen LogP contribution in [0.1, 0.15) is 6.92 Å². The second-order valence-electron chi connectivity index (χ2n) is 5.78. The van der Waals surface area contributed by atoms with Gasteiger partial charge in [0.25, 0.3) is 5.91 Å². The predicted octanol–water partition coefficient (Wildman–Crippen LogP) is 2.70. The number of aromatic nitrogens is 4. The summed E-state index contributed by atoms with van der Waals surface area (Å²) in [4.78, 5) is 25.1. The van der Waals surface area contributed by atoms with Crippen LogP contribution in [0.3, 0.4) is 0 Å². The van der Waals surface area contributed by atoms with E-state index in [1.54, 1.807) is 24.3 Å². The maximum Gasteiger partial charge on any atom is 0.330 e. The van der Waals surface area contributed by atoms with Gasteiger partial charge < -0.3 is 10.1 Å². The molecule has 1 amide bonds. The molecule has 10 heteroatoms. The van der Waals surface area contributed by atoms with E-state index in [2.05, 4.69) is 20.7 Å². The van der Waals surface area contributed by atoms with Crippen molar-refractivity contribution in [2.24, 2.45) is 0 Å². The highest BCUT2D eigenvalue weighted by Crippen LogP contribution is 2.17. The summed E-state index contributed by atoms with van der Waals surface area (Å²) in [6.07, 6.45) is -1.06. The molecule has 0 unspecified atom stereocenters. The average Bonchev–Trinajstić information content (AvgIpc) is 3.12. The van der Waals surface area contributed by atoms with Crippen molar-refractivity contribution in [3.63, 3.8) is 0 Å². The lowest BCUT2D eigenvalue weighted by molar-refractivity contribution is -0.154. The zero-order valence-electron chi connectivity index (χ0n) is 14.7. The van der Waals surface area contributed by atoms with Gasteiger partial charge in [0.1, 0.15) is 5.82 Å². The van der Waals surface area contributed by atoms with Crippen molar-refractivity contribution in [2.45, 2.75) is 19.6 Å². The van der Waals surface area contributed by atoms with Gasteiger partial charge in [0.15, 0.2) is 12.6 Å². The van der Waals surface area contributed by atoms with Crippen LogP contribution in [0.2, 0.25) is 5.02 Å². The number of carbonyl (C=O) groups is 2. The zero-order chi connectivity index (χ0) is 20.1. The van der Waals surface area contributed by atoms with Crippen LogP contribution in [0.25, 0.3) is 11.4 Å². The van der Waals surface area contributed by atoms with Gasteiger partial charge in [0, 0.05) is 16.3 Å². The van der Waals surface area contributed by atoms with Crippen molar-refractivity contribution in [2.75, 3.05) is 5.32 Å². The number of anilines is 1. The van der Waals surface area contributed by atoms with Gasteiger partial charge in [-0.1, -0.05) is 11.6 Å². The fourth-order valence-electron chi connectivity index (χ4n) is 2.21. The molecule has 0 aliphatic rings. The number of ether oxygens (including phenoxy) is 1. The minimum atomic E-state index is -1.06. The van der Waals surface area contributed by atoms with Crippen molar-refractivity contribution in [3.8, 4) is 11.4 Å². The van der Waals surface area contributed by atoms with Gasteiger partial charge in [-0.3, -0.25) is 4.79 Å². The highest BCUT2D eigenvalue weighted by Gasteiger charge is 2.19. The molecule has 2 aromatic carbocycles. The first-order chi connectivity index (χ1) is 13.4. The molecule has 0 aliphatic carbocycles. The van der Waals surface area contributed by atoms with E-state index in [0.717, 1.165) is 4.80 Å². The lowest BCUT2D eigenvalue weighted by atomic mass is 10.2. The van der Waals surface area contributed by atoms with E-state index in [1.165, 1.54) is 31.2 Å². The second kappa shape index (κ2) is 8.57. The second-order valence-corrected chi connectivity index (χ2v) is 6.22. The van der Waals surface area contributed by atoms with Crippen molar-refractivity contribution in [1.29, 1.82) is 0 Å². The van der Waals surface area contributed by atoms with Crippen LogP contribution >= 0.6 is 11.6 Å². The summed E-state index contributed by atoms with van der Waals surface area (Å²) >= 11 is 5.83. The predicted molar refractivity (Wildman–Crippen MR) is 98.8 cm³/mol. The molecule has 0 saturated carbocycles. The number of amides is 1. The molecule has 1 N–H and O–H groups in total. The maximum absolute atomic E-state index is 12.9. The molecule has 0 bridgehead atoms. The molecule has 0 fully saturated rings. The molecule has 1 aromatic heterocycles. The lowest BCUT2D eigenvalue weighted by Crippen LogP contribution is -2.31. The van der Waals surface area contributed by atoms with Crippen LogP contribution in [0.15, 0.2) is 48.5 Å². The summed E-state index contributed by atoms with van der Waals surface area (Å²) in [5.74, 6) is -1.35. The molecule has 0 saturated heterocycles. The molecule has 0 aliphatic heterocycles. The van der Waals surface area contributed by atoms with Crippen LogP contribution in [-0.4, -0.2) is 38.2 Å². The zero-order valence-corrected chi connectivity index (χ0v) is 15.4. The Morgan fingerprint density at radius 2 is 1.86 bits per heavy atom. The first-order valence-corrected chi connectivity index (χ1v) is 8.58. The standard InChI is InChI=1S/C18H15ClFN5O3/c1-11(18(27)21-15-8-6-14(20)7-9-15)28-16(26)10-25-23-17(22-24-25)12-2-4-13(19)5-3-12/h2-9,11H,10H2,1H3,(H,21,27)/t11-/m0/s1. The Bertz CT molecular complexity index is 976. The van der Waals surface area contributed by atoms with E-state index in [1.807, 2.05) is 0 Å². The Morgan fingerprint density at radius 3 is 2.54 bits per heavy atom. The van der Waals surface area contributed by atoms with Crippen LogP contribution in [0.4, 0.5) is 10.1 Å². The molecule has 1 atom stereocenters. The van der Waals surface area contributed by atoms with Crippen molar-refractivity contribution >= 4 is 29.2 Å². The third-order valence-electron chi connectivity index (χ3n) is 3.61. The number of halogens is 2. The third-order valence-corrected chi connectivity index (χ3v) is 3.87. The average molecular weight is 404 g/mol. The van der Waals surface area contributed by atoms with E-state index in [0.29, 0.717) is 22.1 Å². The Kier molecular flexibility index (Phi) is 5.95. The van der Waals surface area contributed by atoms with Gasteiger partial charge in [-0.05, 0) is 60.7 Å². The van der Waals surface area contributed by atoms with Crippen LogP contribution in [-0.2, 0) is 20.9 Å². The summed E-state index contributed by atoms with van der Waals surface area (Å²) in [6, 6.07) is 12.1. The van der Waals surface area contributed by atoms with E-state index >= 15 is 0 Å². The fraction of sp³-hybridized carbons (Fsp3) is 0.167. The minimum Gasteiger partial charge on any atom is -0.451 e. The van der Waals surface area contributed by atoms with Gasteiger partial charge in [0.05, 0.1) is 0 Å². The topological polar surface area (TPSA) is 99.0 Å².